The van der Waals surface area contributed by atoms with Crippen molar-refractivity contribution in [2.45, 2.75) is 12.2 Å². The van der Waals surface area contributed by atoms with E-state index in [9.17, 15) is 13.2 Å². The average Bonchev–Trinajstić information content (AvgIpc) is 2.60. The molecule has 0 radical (unpaired) electrons. The number of thiocarbonyl (C=S) groups is 1. The zero-order valence-corrected chi connectivity index (χ0v) is 13.6. The van der Waals surface area contributed by atoms with Gasteiger partial charge in [0.15, 0.2) is 0 Å². The van der Waals surface area contributed by atoms with Gasteiger partial charge >= 0.3 is 6.18 Å². The first-order valence-electron chi connectivity index (χ1n) is 7.60. The molecule has 0 aromatic heterocycles. The van der Waals surface area contributed by atoms with Crippen molar-refractivity contribution < 1.29 is 17.9 Å². The number of nitrogens with one attached hydrogen (secondary N) is 1. The maximum Gasteiger partial charge on any atom is 0.416 e. The molecular weight excluding hydrogens is 347 g/mol. The van der Waals surface area contributed by atoms with Gasteiger partial charge in [-0.1, -0.05) is 42.5 Å². The van der Waals surface area contributed by atoms with Gasteiger partial charge in [-0.3, -0.25) is 0 Å². The third kappa shape index (κ3) is 2.82. The molecular formula is C19H12F3NOS. The molecule has 0 fully saturated rings. The minimum Gasteiger partial charge on any atom is -0.432 e. The van der Waals surface area contributed by atoms with Gasteiger partial charge in [0.1, 0.15) is 5.75 Å². The van der Waals surface area contributed by atoms with Crippen LogP contribution in [-0.4, -0.2) is 5.17 Å². The van der Waals surface area contributed by atoms with Crippen molar-refractivity contribution in [3.8, 4) is 5.75 Å². The summed E-state index contributed by atoms with van der Waals surface area (Å²) in [6, 6.07) is 16.1. The zero-order chi connectivity index (χ0) is 17.6. The number of alkyl halides is 3. The Kier molecular flexibility index (Phi) is 3.65. The van der Waals surface area contributed by atoms with E-state index < -0.39 is 17.8 Å². The number of benzene rings is 3. The second kappa shape index (κ2) is 5.74. The fraction of sp³-hybridized carbons (Fsp3) is 0.105. The van der Waals surface area contributed by atoms with Crippen LogP contribution in [0, 0.1) is 0 Å². The maximum absolute atomic E-state index is 13.1. The Labute approximate surface area is 147 Å². The molecule has 0 spiro atoms. The van der Waals surface area contributed by atoms with Crippen molar-refractivity contribution in [2.24, 2.45) is 0 Å². The van der Waals surface area contributed by atoms with E-state index in [1.807, 2.05) is 30.3 Å². The molecule has 2 nitrogen and oxygen atoms in total. The van der Waals surface area contributed by atoms with E-state index in [1.165, 1.54) is 6.07 Å². The van der Waals surface area contributed by atoms with E-state index in [1.54, 1.807) is 12.1 Å². The van der Waals surface area contributed by atoms with E-state index in [2.05, 4.69) is 5.32 Å². The molecule has 1 atom stereocenters. The van der Waals surface area contributed by atoms with Crippen molar-refractivity contribution >= 4 is 28.2 Å². The van der Waals surface area contributed by atoms with Crippen LogP contribution in [0.15, 0.2) is 60.7 Å². The third-order valence-corrected chi connectivity index (χ3v) is 4.43. The van der Waals surface area contributed by atoms with Crippen molar-refractivity contribution in [3.05, 3.63) is 77.4 Å². The summed E-state index contributed by atoms with van der Waals surface area (Å²) in [5.74, 6) is 0.560. The molecule has 4 rings (SSSR count). The maximum atomic E-state index is 13.1. The van der Waals surface area contributed by atoms with Crippen LogP contribution in [0.25, 0.3) is 10.8 Å². The van der Waals surface area contributed by atoms with Gasteiger partial charge in [-0.15, -0.1) is 0 Å². The van der Waals surface area contributed by atoms with Crippen molar-refractivity contribution in [1.82, 2.24) is 5.32 Å². The van der Waals surface area contributed by atoms with E-state index >= 15 is 0 Å². The topological polar surface area (TPSA) is 21.3 Å². The van der Waals surface area contributed by atoms with Gasteiger partial charge in [0.05, 0.1) is 11.6 Å². The van der Waals surface area contributed by atoms with Gasteiger partial charge in [-0.05, 0) is 46.8 Å². The summed E-state index contributed by atoms with van der Waals surface area (Å²) >= 11 is 5.13. The molecule has 0 aliphatic carbocycles. The molecule has 126 valence electrons. The fourth-order valence-electron chi connectivity index (χ4n) is 3.13. The van der Waals surface area contributed by atoms with Gasteiger partial charge in [-0.25, -0.2) is 0 Å². The first-order valence-corrected chi connectivity index (χ1v) is 8.01. The molecule has 1 aliphatic rings. The predicted octanol–water partition coefficient (Wildman–Crippen LogP) is 5.21. The van der Waals surface area contributed by atoms with Gasteiger partial charge in [0, 0.05) is 5.56 Å². The summed E-state index contributed by atoms with van der Waals surface area (Å²) in [4.78, 5) is 0. The fourth-order valence-corrected chi connectivity index (χ4v) is 3.33. The van der Waals surface area contributed by atoms with Crippen LogP contribution in [0.3, 0.4) is 0 Å². The molecule has 1 unspecified atom stereocenters. The number of hydrogen-bond donors (Lipinski definition) is 1. The summed E-state index contributed by atoms with van der Waals surface area (Å²) in [6.07, 6.45) is -4.40. The van der Waals surface area contributed by atoms with Crippen LogP contribution in [0.4, 0.5) is 13.2 Å². The van der Waals surface area contributed by atoms with Crippen LogP contribution in [0.1, 0.15) is 22.7 Å². The number of fused-ring (bicyclic) bond motifs is 3. The lowest BCUT2D eigenvalue weighted by Crippen LogP contribution is -2.36. The van der Waals surface area contributed by atoms with Gasteiger partial charge in [0.25, 0.3) is 5.17 Å². The number of rotatable bonds is 1. The number of ether oxygens (including phenoxy) is 1. The standard InChI is InChI=1S/C19H12F3NOS/c20-19(21,22)13-6-3-5-12(10-13)17-16-14-7-2-1-4-11(14)8-9-15(16)24-18(25)23-17/h1-10,17H,(H,23,25). The largest absolute Gasteiger partial charge is 0.432 e. The average molecular weight is 359 g/mol. The van der Waals surface area contributed by atoms with Gasteiger partial charge < -0.3 is 10.1 Å². The smallest absolute Gasteiger partial charge is 0.416 e. The lowest BCUT2D eigenvalue weighted by molar-refractivity contribution is -0.137. The molecule has 6 heteroatoms. The monoisotopic (exact) mass is 359 g/mol. The minimum absolute atomic E-state index is 0.144. The second-order valence-corrected chi connectivity index (χ2v) is 6.16. The quantitative estimate of drug-likeness (QED) is 0.602. The van der Waals surface area contributed by atoms with Gasteiger partial charge in [0.2, 0.25) is 0 Å². The highest BCUT2D eigenvalue weighted by Crippen LogP contribution is 2.40. The van der Waals surface area contributed by atoms with Crippen LogP contribution < -0.4 is 10.1 Å². The highest BCUT2D eigenvalue weighted by atomic mass is 32.1. The Bertz CT molecular complexity index is 984. The Hall–Kier alpha value is -2.60. The van der Waals surface area contributed by atoms with E-state index in [0.29, 0.717) is 11.3 Å². The van der Waals surface area contributed by atoms with Crippen LogP contribution in [0.5, 0.6) is 5.75 Å². The normalized spacial score (nSPS) is 16.9. The van der Waals surface area contributed by atoms with Crippen molar-refractivity contribution in [1.29, 1.82) is 0 Å². The SMILES string of the molecule is FC(F)(F)c1cccc(C2NC(=S)Oc3ccc4ccccc4c32)c1. The Morgan fingerprint density at radius 1 is 0.960 bits per heavy atom. The van der Waals surface area contributed by atoms with E-state index in [4.69, 9.17) is 17.0 Å². The summed E-state index contributed by atoms with van der Waals surface area (Å²) in [7, 11) is 0. The highest BCUT2D eigenvalue weighted by Gasteiger charge is 2.33. The third-order valence-electron chi connectivity index (χ3n) is 4.23. The van der Waals surface area contributed by atoms with Crippen LogP contribution in [-0.2, 0) is 6.18 Å². The highest BCUT2D eigenvalue weighted by molar-refractivity contribution is 7.80. The molecule has 3 aromatic rings. The van der Waals surface area contributed by atoms with Crippen LogP contribution in [0.2, 0.25) is 0 Å². The lowest BCUT2D eigenvalue weighted by atomic mass is 9.91. The Morgan fingerprint density at radius 3 is 2.56 bits per heavy atom. The summed E-state index contributed by atoms with van der Waals surface area (Å²) in [5.41, 5.74) is 0.579. The predicted molar refractivity (Wildman–Crippen MR) is 93.6 cm³/mol. The summed E-state index contributed by atoms with van der Waals surface area (Å²) in [5, 5.41) is 5.04. The molecule has 0 saturated carbocycles. The molecule has 0 saturated heterocycles. The first kappa shape index (κ1) is 15.9. The second-order valence-electron chi connectivity index (χ2n) is 5.79. The number of halogens is 3. The molecule has 25 heavy (non-hydrogen) atoms. The molecule has 3 aromatic carbocycles. The minimum atomic E-state index is -4.40. The zero-order valence-electron chi connectivity index (χ0n) is 12.8. The van der Waals surface area contributed by atoms with Crippen LogP contribution >= 0.6 is 12.2 Å². The first-order chi connectivity index (χ1) is 11.9. The Morgan fingerprint density at radius 2 is 1.76 bits per heavy atom. The van der Waals surface area contributed by atoms with Gasteiger partial charge in [-0.2, -0.15) is 13.2 Å². The van der Waals surface area contributed by atoms with Crippen molar-refractivity contribution in [2.75, 3.05) is 0 Å². The van der Waals surface area contributed by atoms with E-state index in [-0.39, 0.29) is 5.17 Å². The summed E-state index contributed by atoms with van der Waals surface area (Å²) < 4.78 is 44.9. The molecule has 1 aliphatic heterocycles. The molecule has 0 bridgehead atoms. The molecule has 1 N–H and O–H groups in total. The summed E-state index contributed by atoms with van der Waals surface area (Å²) in [6.45, 7) is 0. The molecule has 1 heterocycles. The van der Waals surface area contributed by atoms with Crippen molar-refractivity contribution in [3.63, 3.8) is 0 Å². The lowest BCUT2D eigenvalue weighted by Gasteiger charge is -2.30. The molecule has 0 amide bonds. The van der Waals surface area contributed by atoms with E-state index in [0.717, 1.165) is 28.5 Å². The Balaban J connectivity index is 1.93. The number of hydrogen-bond acceptors (Lipinski definition) is 2.